The Morgan fingerprint density at radius 1 is 1.12 bits per heavy atom. The first-order valence-corrected chi connectivity index (χ1v) is 7.13. The summed E-state index contributed by atoms with van der Waals surface area (Å²) in [5, 5.41) is 0.587. The van der Waals surface area contributed by atoms with Crippen LogP contribution in [0.5, 0.6) is 0 Å². The first-order chi connectivity index (χ1) is 6.67. The fourth-order valence-corrected chi connectivity index (χ4v) is 2.85. The fourth-order valence-electron chi connectivity index (χ4n) is 0.949. The summed E-state index contributed by atoms with van der Waals surface area (Å²) < 4.78 is 59.9. The van der Waals surface area contributed by atoms with Crippen LogP contribution in [0.15, 0.2) is 0 Å². The van der Waals surface area contributed by atoms with Crippen molar-refractivity contribution in [1.82, 2.24) is 4.57 Å². The Bertz CT molecular complexity index is 295. The van der Waals surface area contributed by atoms with Gasteiger partial charge in [0.2, 0.25) is 0 Å². The van der Waals surface area contributed by atoms with Crippen LogP contribution < -0.4 is 0 Å². The summed E-state index contributed by atoms with van der Waals surface area (Å²) >= 11 is 0. The SMILES string of the molecule is CN(C)[SiH2]C(C)(C)C.O=S(=O)(O)C(F)(F)F. The molecule has 0 saturated carbocycles. The molecule has 0 atom stereocenters. The van der Waals surface area contributed by atoms with Crippen molar-refractivity contribution in [1.29, 1.82) is 0 Å². The van der Waals surface area contributed by atoms with E-state index in [0.29, 0.717) is 5.04 Å². The highest BCUT2D eigenvalue weighted by atomic mass is 32.2. The minimum Gasteiger partial charge on any atom is -0.334 e. The van der Waals surface area contributed by atoms with Gasteiger partial charge in [-0.3, -0.25) is 4.55 Å². The molecule has 0 unspecified atom stereocenters. The van der Waals surface area contributed by atoms with Gasteiger partial charge in [0.1, 0.15) is 0 Å². The Balaban J connectivity index is 0. The van der Waals surface area contributed by atoms with Gasteiger partial charge in [-0.1, -0.05) is 20.8 Å². The lowest BCUT2D eigenvalue weighted by Crippen LogP contribution is -2.25. The van der Waals surface area contributed by atoms with Crippen LogP contribution in [0.2, 0.25) is 5.04 Å². The molecular weight excluding hydrogens is 263 g/mol. The number of halogens is 3. The third-order valence-corrected chi connectivity index (χ3v) is 3.25. The lowest BCUT2D eigenvalue weighted by Gasteiger charge is -2.21. The zero-order valence-electron chi connectivity index (χ0n) is 9.96. The maximum Gasteiger partial charge on any atom is 0.522 e. The number of nitrogens with zero attached hydrogens (tertiary/aromatic N) is 1. The fraction of sp³-hybridized carbons (Fsp3) is 1.00. The van der Waals surface area contributed by atoms with Crippen LogP contribution in [0, 0.1) is 0 Å². The van der Waals surface area contributed by atoms with Gasteiger partial charge in [0.25, 0.3) is 0 Å². The number of alkyl halides is 3. The van der Waals surface area contributed by atoms with E-state index in [0.717, 1.165) is 0 Å². The van der Waals surface area contributed by atoms with E-state index in [1.54, 1.807) is 0 Å². The molecule has 9 heteroatoms. The third-order valence-electron chi connectivity index (χ3n) is 1.08. The Hall–Kier alpha value is -0.123. The average Bonchev–Trinajstić information content (AvgIpc) is 1.74. The highest BCUT2D eigenvalue weighted by Crippen LogP contribution is 2.20. The Morgan fingerprint density at radius 3 is 1.38 bits per heavy atom. The van der Waals surface area contributed by atoms with E-state index in [-0.39, 0.29) is 9.68 Å². The molecule has 100 valence electrons. The molecule has 0 amide bonds. The highest BCUT2D eigenvalue weighted by Gasteiger charge is 2.44. The summed E-state index contributed by atoms with van der Waals surface area (Å²) in [5.41, 5.74) is -5.53. The minimum atomic E-state index is -5.84. The maximum atomic E-state index is 10.7. The highest BCUT2D eigenvalue weighted by molar-refractivity contribution is 7.86. The second kappa shape index (κ2) is 5.99. The molecule has 0 spiro atoms. The second-order valence-electron chi connectivity index (χ2n) is 4.72. The molecule has 0 aliphatic heterocycles. The largest absolute Gasteiger partial charge is 0.522 e. The minimum absolute atomic E-state index is 0.0177. The summed E-state index contributed by atoms with van der Waals surface area (Å²) in [5.74, 6) is 0. The van der Waals surface area contributed by atoms with E-state index in [1.807, 2.05) is 0 Å². The van der Waals surface area contributed by atoms with Gasteiger partial charge in [0, 0.05) is 0 Å². The van der Waals surface area contributed by atoms with Gasteiger partial charge in [-0.25, -0.2) is 0 Å². The van der Waals surface area contributed by atoms with Crippen LogP contribution in [0.1, 0.15) is 20.8 Å². The summed E-state index contributed by atoms with van der Waals surface area (Å²) in [6.07, 6.45) is 0. The van der Waals surface area contributed by atoms with Crippen LogP contribution in [-0.2, 0) is 10.1 Å². The molecule has 0 aromatic rings. The molecule has 0 aliphatic rings. The van der Waals surface area contributed by atoms with Gasteiger partial charge in [-0.05, 0) is 19.1 Å². The Labute approximate surface area is 96.5 Å². The standard InChI is InChI=1S/C6H17NSi.CHF3O3S/c1-6(2,3)8-7(4)5;2-1(3,4)8(5,6)7/h8H2,1-5H3;(H,5,6,7). The van der Waals surface area contributed by atoms with Crippen molar-refractivity contribution in [2.24, 2.45) is 0 Å². The smallest absolute Gasteiger partial charge is 0.334 e. The topological polar surface area (TPSA) is 57.6 Å². The predicted octanol–water partition coefficient (Wildman–Crippen LogP) is 1.24. The third kappa shape index (κ3) is 11.9. The zero-order chi connectivity index (χ0) is 13.8. The van der Waals surface area contributed by atoms with Gasteiger partial charge in [-0.15, -0.1) is 0 Å². The molecule has 0 aromatic heterocycles. The molecule has 0 heterocycles. The molecule has 0 aromatic carbocycles. The van der Waals surface area contributed by atoms with Gasteiger partial charge < -0.3 is 4.57 Å². The number of hydrogen-bond acceptors (Lipinski definition) is 3. The molecule has 0 fully saturated rings. The van der Waals surface area contributed by atoms with Gasteiger partial charge in [0.05, 0.1) is 9.68 Å². The summed E-state index contributed by atoms with van der Waals surface area (Å²) in [7, 11) is -1.49. The second-order valence-corrected chi connectivity index (χ2v) is 9.83. The summed E-state index contributed by atoms with van der Waals surface area (Å²) in [6, 6.07) is 0. The Morgan fingerprint density at radius 2 is 1.38 bits per heavy atom. The number of hydrogen-bond donors (Lipinski definition) is 1. The van der Waals surface area contributed by atoms with Crippen molar-refractivity contribution >= 4 is 19.8 Å². The lowest BCUT2D eigenvalue weighted by molar-refractivity contribution is -0.0510. The van der Waals surface area contributed by atoms with Gasteiger partial charge >= 0.3 is 15.6 Å². The summed E-state index contributed by atoms with van der Waals surface area (Å²) in [4.78, 5) is 0. The van der Waals surface area contributed by atoms with Crippen molar-refractivity contribution in [3.8, 4) is 0 Å². The molecule has 0 rings (SSSR count). The summed E-state index contributed by atoms with van der Waals surface area (Å²) in [6.45, 7) is 6.91. The van der Waals surface area contributed by atoms with Crippen molar-refractivity contribution in [2.45, 2.75) is 31.3 Å². The Kier molecular flexibility index (Phi) is 6.83. The van der Waals surface area contributed by atoms with Gasteiger partial charge in [0.15, 0.2) is 0 Å². The van der Waals surface area contributed by atoms with Crippen LogP contribution >= 0.6 is 0 Å². The average molecular weight is 281 g/mol. The number of rotatable bonds is 1. The van der Waals surface area contributed by atoms with Crippen LogP contribution in [0.3, 0.4) is 0 Å². The van der Waals surface area contributed by atoms with Crippen molar-refractivity contribution in [2.75, 3.05) is 14.1 Å². The van der Waals surface area contributed by atoms with Crippen molar-refractivity contribution in [3.05, 3.63) is 0 Å². The van der Waals surface area contributed by atoms with Crippen LogP contribution in [0.4, 0.5) is 13.2 Å². The monoisotopic (exact) mass is 281 g/mol. The molecule has 0 radical (unpaired) electrons. The lowest BCUT2D eigenvalue weighted by atomic mass is 10.3. The molecule has 0 aliphatic carbocycles. The molecular formula is C7H18F3NO3SSi. The zero-order valence-corrected chi connectivity index (χ0v) is 12.2. The normalized spacial score (nSPS) is 14.1. The van der Waals surface area contributed by atoms with Crippen LogP contribution in [0.25, 0.3) is 0 Å². The van der Waals surface area contributed by atoms with Crippen molar-refractivity contribution < 1.29 is 26.1 Å². The first-order valence-electron chi connectivity index (χ1n) is 4.35. The molecule has 0 bridgehead atoms. The van der Waals surface area contributed by atoms with E-state index in [4.69, 9.17) is 13.0 Å². The quantitative estimate of drug-likeness (QED) is 0.446. The van der Waals surface area contributed by atoms with Crippen molar-refractivity contribution in [3.63, 3.8) is 0 Å². The van der Waals surface area contributed by atoms with Crippen LogP contribution in [-0.4, -0.2) is 46.8 Å². The van der Waals surface area contributed by atoms with E-state index < -0.39 is 15.6 Å². The first kappa shape index (κ1) is 18.2. The molecule has 4 nitrogen and oxygen atoms in total. The van der Waals surface area contributed by atoms with E-state index in [9.17, 15) is 13.2 Å². The predicted molar refractivity (Wildman–Crippen MR) is 59.5 cm³/mol. The van der Waals surface area contributed by atoms with E-state index in [2.05, 4.69) is 39.4 Å². The molecule has 16 heavy (non-hydrogen) atoms. The van der Waals surface area contributed by atoms with E-state index >= 15 is 0 Å². The van der Waals surface area contributed by atoms with Gasteiger partial charge in [-0.2, -0.15) is 21.6 Å². The molecule has 1 N–H and O–H groups in total. The molecule has 0 saturated heterocycles. The van der Waals surface area contributed by atoms with E-state index in [1.165, 1.54) is 0 Å². The maximum absolute atomic E-state index is 10.7.